The van der Waals surface area contributed by atoms with E-state index in [0.717, 1.165) is 27.5 Å². The van der Waals surface area contributed by atoms with Crippen LogP contribution in [-0.4, -0.2) is 11.0 Å². The summed E-state index contributed by atoms with van der Waals surface area (Å²) in [7, 11) is 0. The summed E-state index contributed by atoms with van der Waals surface area (Å²) in [5.41, 5.74) is 9.39. The molecular weight excluding hydrogens is 400 g/mol. The van der Waals surface area contributed by atoms with Crippen LogP contribution in [0.3, 0.4) is 0 Å². The number of hydrogen-bond acceptors (Lipinski definition) is 4. The number of nitrogens with two attached hydrogens (primary N) is 1. The molecule has 1 aliphatic heterocycles. The lowest BCUT2D eigenvalue weighted by atomic mass is 9.80. The first kappa shape index (κ1) is 19.7. The van der Waals surface area contributed by atoms with E-state index in [1.165, 1.54) is 0 Å². The van der Waals surface area contributed by atoms with E-state index in [-0.39, 0.29) is 17.5 Å². The lowest BCUT2D eigenvalue weighted by Crippen LogP contribution is -2.33. The third-order valence-corrected chi connectivity index (χ3v) is 5.76. The summed E-state index contributed by atoms with van der Waals surface area (Å²) in [6.45, 7) is 0.376. The van der Waals surface area contributed by atoms with E-state index in [1.807, 2.05) is 78.9 Å². The first-order valence-electron chi connectivity index (χ1n) is 10.4. The van der Waals surface area contributed by atoms with E-state index in [9.17, 15) is 9.90 Å². The van der Waals surface area contributed by atoms with Crippen LogP contribution in [0.2, 0.25) is 0 Å². The molecule has 0 bridgehead atoms. The van der Waals surface area contributed by atoms with Crippen LogP contribution in [0.4, 0.5) is 0 Å². The number of fused-ring (bicyclic) bond motifs is 3. The van der Waals surface area contributed by atoms with Crippen molar-refractivity contribution in [2.45, 2.75) is 12.5 Å². The van der Waals surface area contributed by atoms with Crippen molar-refractivity contribution < 1.29 is 14.6 Å². The molecule has 1 unspecified atom stereocenters. The van der Waals surface area contributed by atoms with Crippen molar-refractivity contribution in [2.75, 3.05) is 0 Å². The van der Waals surface area contributed by atoms with Crippen LogP contribution < -0.4 is 15.8 Å². The average molecular weight is 422 g/mol. The highest BCUT2D eigenvalue weighted by Crippen LogP contribution is 2.46. The summed E-state index contributed by atoms with van der Waals surface area (Å²) in [6.07, 6.45) is 0. The smallest absolute Gasteiger partial charge is 0.253 e. The Kier molecular flexibility index (Phi) is 5.00. The summed E-state index contributed by atoms with van der Waals surface area (Å²) in [6, 6.07) is 28.4. The van der Waals surface area contributed by atoms with Gasteiger partial charge in [-0.25, -0.2) is 0 Å². The van der Waals surface area contributed by atoms with Gasteiger partial charge in [-0.1, -0.05) is 72.8 Å². The Hall–Kier alpha value is -4.25. The molecule has 5 rings (SSSR count). The molecule has 4 aromatic carbocycles. The average Bonchev–Trinajstić information content (AvgIpc) is 2.82. The molecule has 0 aliphatic carbocycles. The minimum absolute atomic E-state index is 0.0800. The van der Waals surface area contributed by atoms with Crippen molar-refractivity contribution in [2.24, 2.45) is 5.73 Å². The third-order valence-electron chi connectivity index (χ3n) is 5.76. The van der Waals surface area contributed by atoms with Gasteiger partial charge in [0.15, 0.2) is 0 Å². The zero-order valence-electron chi connectivity index (χ0n) is 17.3. The number of ether oxygens (including phenoxy) is 1. The fraction of sp³-hybridized carbons (Fsp3) is 0.0741. The van der Waals surface area contributed by atoms with Gasteiger partial charge in [0, 0.05) is 18.0 Å². The maximum atomic E-state index is 13.4. The molecular formula is C27H22N2O3. The molecule has 1 aliphatic rings. The molecule has 1 atom stereocenters. The van der Waals surface area contributed by atoms with Gasteiger partial charge in [0.1, 0.15) is 11.5 Å². The van der Waals surface area contributed by atoms with Crippen molar-refractivity contribution in [1.82, 2.24) is 5.32 Å². The molecule has 4 N–H and O–H groups in total. The highest BCUT2D eigenvalue weighted by atomic mass is 16.5. The van der Waals surface area contributed by atoms with E-state index in [1.54, 1.807) is 12.1 Å². The van der Waals surface area contributed by atoms with E-state index in [0.29, 0.717) is 17.9 Å². The summed E-state index contributed by atoms with van der Waals surface area (Å²) in [5.74, 6) is 0.130. The fourth-order valence-electron chi connectivity index (χ4n) is 4.24. The number of aromatic hydroxyl groups is 1. The highest BCUT2D eigenvalue weighted by molar-refractivity contribution is 5.99. The lowest BCUT2D eigenvalue weighted by Gasteiger charge is -2.30. The van der Waals surface area contributed by atoms with Crippen LogP contribution >= 0.6 is 0 Å². The van der Waals surface area contributed by atoms with Gasteiger partial charge in [0.05, 0.1) is 5.57 Å². The number of hydrogen-bond donors (Lipinski definition) is 3. The third kappa shape index (κ3) is 3.54. The van der Waals surface area contributed by atoms with E-state index < -0.39 is 5.92 Å². The van der Waals surface area contributed by atoms with Crippen LogP contribution in [0.25, 0.3) is 10.8 Å². The summed E-state index contributed by atoms with van der Waals surface area (Å²) in [4.78, 5) is 13.4. The number of carbonyl (C=O) groups is 1. The van der Waals surface area contributed by atoms with Crippen LogP contribution in [0, 0.1) is 0 Å². The van der Waals surface area contributed by atoms with Crippen LogP contribution in [0.15, 0.2) is 102 Å². The molecule has 158 valence electrons. The van der Waals surface area contributed by atoms with Gasteiger partial charge in [-0.15, -0.1) is 0 Å². The zero-order chi connectivity index (χ0) is 22.1. The molecule has 5 nitrogen and oxygen atoms in total. The Labute approximate surface area is 185 Å². The Morgan fingerprint density at radius 3 is 2.41 bits per heavy atom. The Bertz CT molecular complexity index is 1330. The van der Waals surface area contributed by atoms with Crippen molar-refractivity contribution in [3.05, 3.63) is 119 Å². The predicted octanol–water partition coefficient (Wildman–Crippen LogP) is 4.56. The van der Waals surface area contributed by atoms with Gasteiger partial charge < -0.3 is 20.9 Å². The normalized spacial score (nSPS) is 15.2. The molecule has 1 amide bonds. The molecule has 5 heteroatoms. The number of rotatable bonds is 4. The topological polar surface area (TPSA) is 84.6 Å². The second kappa shape index (κ2) is 8.12. The van der Waals surface area contributed by atoms with Gasteiger partial charge in [0.25, 0.3) is 5.91 Å². The number of benzene rings is 4. The quantitative estimate of drug-likeness (QED) is 0.450. The van der Waals surface area contributed by atoms with Crippen molar-refractivity contribution in [1.29, 1.82) is 0 Å². The van der Waals surface area contributed by atoms with Crippen molar-refractivity contribution in [3.8, 4) is 11.5 Å². The summed E-state index contributed by atoms with van der Waals surface area (Å²) in [5, 5.41) is 14.8. The van der Waals surface area contributed by atoms with E-state index in [4.69, 9.17) is 10.5 Å². The van der Waals surface area contributed by atoms with E-state index in [2.05, 4.69) is 5.32 Å². The number of phenols is 1. The minimum atomic E-state index is -0.443. The predicted molar refractivity (Wildman–Crippen MR) is 124 cm³/mol. The second-order valence-electron chi connectivity index (χ2n) is 7.77. The number of amides is 1. The maximum absolute atomic E-state index is 13.4. The first-order chi connectivity index (χ1) is 15.6. The molecule has 0 saturated heterocycles. The SMILES string of the molecule is NC1=C(C(=O)NCc2ccccc2)C(c2ccc(O)cc2)c2c(ccc3ccccc23)O1. The lowest BCUT2D eigenvalue weighted by molar-refractivity contribution is -0.118. The Morgan fingerprint density at radius 2 is 1.62 bits per heavy atom. The van der Waals surface area contributed by atoms with Gasteiger partial charge >= 0.3 is 0 Å². The van der Waals surface area contributed by atoms with Gasteiger partial charge in [-0.2, -0.15) is 0 Å². The van der Waals surface area contributed by atoms with Crippen molar-refractivity contribution in [3.63, 3.8) is 0 Å². The number of nitrogens with one attached hydrogen (secondary N) is 1. The Morgan fingerprint density at radius 1 is 0.906 bits per heavy atom. The zero-order valence-corrected chi connectivity index (χ0v) is 17.3. The second-order valence-corrected chi connectivity index (χ2v) is 7.77. The van der Waals surface area contributed by atoms with Gasteiger partial charge in [0.2, 0.25) is 5.88 Å². The number of phenolic OH excluding ortho intramolecular Hbond substituents is 1. The van der Waals surface area contributed by atoms with Crippen LogP contribution in [-0.2, 0) is 11.3 Å². The summed E-state index contributed by atoms with van der Waals surface area (Å²) < 4.78 is 5.95. The number of carbonyl (C=O) groups excluding carboxylic acids is 1. The molecule has 0 saturated carbocycles. The van der Waals surface area contributed by atoms with Gasteiger partial charge in [-0.3, -0.25) is 4.79 Å². The standard InChI is InChI=1S/C27H22N2O3/c28-26-25(27(31)29-16-17-6-2-1-3-7-17)23(19-10-13-20(30)14-11-19)24-21-9-5-4-8-18(21)12-15-22(24)32-26/h1-15,23,30H,16,28H2,(H,29,31). The molecule has 32 heavy (non-hydrogen) atoms. The van der Waals surface area contributed by atoms with Crippen molar-refractivity contribution >= 4 is 16.7 Å². The molecule has 0 radical (unpaired) electrons. The first-order valence-corrected chi connectivity index (χ1v) is 10.4. The maximum Gasteiger partial charge on any atom is 0.253 e. The molecule has 0 spiro atoms. The molecule has 0 aromatic heterocycles. The largest absolute Gasteiger partial charge is 0.508 e. The van der Waals surface area contributed by atoms with Gasteiger partial charge in [-0.05, 0) is 40.1 Å². The monoisotopic (exact) mass is 422 g/mol. The molecule has 1 heterocycles. The van der Waals surface area contributed by atoms with Crippen LogP contribution in [0.1, 0.15) is 22.6 Å². The highest BCUT2D eigenvalue weighted by Gasteiger charge is 2.35. The minimum Gasteiger partial charge on any atom is -0.508 e. The molecule has 4 aromatic rings. The van der Waals surface area contributed by atoms with Crippen LogP contribution in [0.5, 0.6) is 11.5 Å². The van der Waals surface area contributed by atoms with E-state index >= 15 is 0 Å². The summed E-state index contributed by atoms with van der Waals surface area (Å²) >= 11 is 0. The Balaban J connectivity index is 1.62. The molecule has 0 fully saturated rings. The fourth-order valence-corrected chi connectivity index (χ4v) is 4.24.